The first-order chi connectivity index (χ1) is 15.7. The second kappa shape index (κ2) is 12.5. The lowest BCUT2D eigenvalue weighted by atomic mass is 10.2. The van der Waals surface area contributed by atoms with Gasteiger partial charge in [-0.3, -0.25) is 9.59 Å². The lowest BCUT2D eigenvalue weighted by molar-refractivity contribution is -0.147. The minimum Gasteiger partial charge on any atom is -0.480 e. The summed E-state index contributed by atoms with van der Waals surface area (Å²) >= 11 is 0. The molecule has 2 N–H and O–H groups in total. The molecule has 1 atom stereocenters. The summed E-state index contributed by atoms with van der Waals surface area (Å²) in [5, 5.41) is 11.7. The molecule has 0 bridgehead atoms. The van der Waals surface area contributed by atoms with Gasteiger partial charge in [0, 0.05) is 12.1 Å². The third-order valence-corrected chi connectivity index (χ3v) is 4.94. The summed E-state index contributed by atoms with van der Waals surface area (Å²) < 4.78 is 26.4. The van der Waals surface area contributed by atoms with E-state index in [1.54, 1.807) is 24.3 Å². The van der Waals surface area contributed by atoms with E-state index in [0.717, 1.165) is 13.3 Å². The van der Waals surface area contributed by atoms with E-state index in [4.69, 9.17) is 9.84 Å². The Morgan fingerprint density at radius 1 is 1.09 bits per heavy atom. The summed E-state index contributed by atoms with van der Waals surface area (Å²) in [5.74, 6) is -0.490. The van der Waals surface area contributed by atoms with Crippen molar-refractivity contribution in [3.63, 3.8) is 0 Å². The zero-order valence-electron chi connectivity index (χ0n) is 18.6. The van der Waals surface area contributed by atoms with Crippen molar-refractivity contribution in [2.24, 2.45) is 0 Å². The fourth-order valence-electron chi connectivity index (χ4n) is 3.29. The number of aryl methyl sites for hydroxylation is 1. The number of carbonyl (C=O) groups is 3. The average Bonchev–Trinajstić information content (AvgIpc) is 3.28. The maximum absolute atomic E-state index is 12.3. The van der Waals surface area contributed by atoms with Gasteiger partial charge in [0.25, 0.3) is 5.91 Å². The summed E-state index contributed by atoms with van der Waals surface area (Å²) in [7, 11) is 0. The average molecular weight is 462 g/mol. The monoisotopic (exact) mass is 462 g/mol. The van der Waals surface area contributed by atoms with Gasteiger partial charge in [0.2, 0.25) is 12.3 Å². The quantitative estimate of drug-likeness (QED) is 0.645. The number of carboxylic acids is 1. The highest BCUT2D eigenvalue weighted by Crippen LogP contribution is 2.22. The van der Waals surface area contributed by atoms with E-state index in [2.05, 4.69) is 12.2 Å². The first kappa shape index (κ1) is 25.8. The Morgan fingerprint density at radius 3 is 2.15 bits per heavy atom. The number of nitrogens with zero attached hydrogens (tertiary/aromatic N) is 1. The molecule has 0 aromatic heterocycles. The fourth-order valence-corrected chi connectivity index (χ4v) is 3.29. The summed E-state index contributed by atoms with van der Waals surface area (Å²) in [6, 6.07) is 13.6. The van der Waals surface area contributed by atoms with Gasteiger partial charge in [0.05, 0.1) is 6.54 Å². The van der Waals surface area contributed by atoms with Gasteiger partial charge in [0.1, 0.15) is 17.5 Å². The number of halogens is 2. The molecule has 1 unspecified atom stereocenters. The van der Waals surface area contributed by atoms with E-state index in [0.29, 0.717) is 36.4 Å². The molecule has 0 spiro atoms. The van der Waals surface area contributed by atoms with Crippen LogP contribution in [-0.4, -0.2) is 53.3 Å². The molecule has 1 aliphatic rings. The number of benzene rings is 2. The van der Waals surface area contributed by atoms with Crippen LogP contribution in [0.3, 0.4) is 0 Å². The number of hydrogen-bond acceptors (Lipinski definition) is 4. The number of nitrogens with one attached hydrogen (secondary N) is 1. The van der Waals surface area contributed by atoms with Crippen LogP contribution in [0.25, 0.3) is 0 Å². The molecule has 2 aromatic rings. The number of carboxylic acid groups (broad SMARTS) is 1. The number of hydrogen-bond donors (Lipinski definition) is 2. The molecule has 1 aliphatic heterocycles. The summed E-state index contributed by atoms with van der Waals surface area (Å²) in [6.07, 6.45) is -0.113. The highest BCUT2D eigenvalue weighted by atomic mass is 19.3. The highest BCUT2D eigenvalue weighted by Gasteiger charge is 2.33. The molecule has 1 saturated heterocycles. The number of ether oxygens (including phenoxy) is 1. The molecule has 7 nitrogen and oxygen atoms in total. The molecule has 3 rings (SSSR count). The van der Waals surface area contributed by atoms with Crippen LogP contribution >= 0.6 is 0 Å². The van der Waals surface area contributed by atoms with Crippen LogP contribution in [0.5, 0.6) is 11.5 Å². The Labute approximate surface area is 191 Å². The van der Waals surface area contributed by atoms with Gasteiger partial charge in [0.15, 0.2) is 0 Å². The van der Waals surface area contributed by atoms with E-state index in [1.807, 2.05) is 24.3 Å². The van der Waals surface area contributed by atoms with E-state index < -0.39 is 30.3 Å². The molecule has 0 radical (unpaired) electrons. The predicted octanol–water partition coefficient (Wildman–Crippen LogP) is 4.12. The summed E-state index contributed by atoms with van der Waals surface area (Å²) in [4.78, 5) is 37.0. The van der Waals surface area contributed by atoms with Gasteiger partial charge < -0.3 is 20.1 Å². The maximum atomic E-state index is 12.3. The van der Waals surface area contributed by atoms with Crippen LogP contribution in [-0.2, 0) is 16.0 Å². The van der Waals surface area contributed by atoms with Crippen LogP contribution < -0.4 is 10.1 Å². The molecule has 0 saturated carbocycles. The van der Waals surface area contributed by atoms with E-state index in [1.165, 1.54) is 10.5 Å². The van der Waals surface area contributed by atoms with Gasteiger partial charge in [-0.25, -0.2) is 13.6 Å². The third kappa shape index (κ3) is 8.17. The predicted molar refractivity (Wildman–Crippen MR) is 119 cm³/mol. The van der Waals surface area contributed by atoms with Crippen molar-refractivity contribution < 1.29 is 33.0 Å². The van der Waals surface area contributed by atoms with E-state index in [9.17, 15) is 23.2 Å². The largest absolute Gasteiger partial charge is 0.480 e. The Bertz CT molecular complexity index is 930. The zero-order chi connectivity index (χ0) is 24.4. The first-order valence-corrected chi connectivity index (χ1v) is 10.7. The second-order valence-corrected chi connectivity index (χ2v) is 7.41. The third-order valence-electron chi connectivity index (χ3n) is 4.94. The summed E-state index contributed by atoms with van der Waals surface area (Å²) in [5.41, 5.74) is 1.62. The van der Waals surface area contributed by atoms with Crippen LogP contribution in [0.1, 0.15) is 42.6 Å². The van der Waals surface area contributed by atoms with Crippen molar-refractivity contribution in [1.82, 2.24) is 10.2 Å². The van der Waals surface area contributed by atoms with Gasteiger partial charge >= 0.3 is 5.97 Å². The molecule has 0 aliphatic carbocycles. The van der Waals surface area contributed by atoms with Crippen LogP contribution in [0.2, 0.25) is 0 Å². The van der Waals surface area contributed by atoms with Gasteiger partial charge in [-0.1, -0.05) is 19.1 Å². The lowest BCUT2D eigenvalue weighted by Crippen LogP contribution is -2.45. The fraction of sp³-hybridized carbons (Fsp3) is 0.375. The maximum Gasteiger partial charge on any atom is 0.326 e. The van der Waals surface area contributed by atoms with E-state index in [-0.39, 0.29) is 6.54 Å². The van der Waals surface area contributed by atoms with Crippen molar-refractivity contribution in [1.29, 1.82) is 0 Å². The SMILES string of the molecule is CC(F)F.CCc1ccc(Oc2ccc(C(=O)NCC(=O)N3CCCC3C(=O)O)cc2)cc1. The zero-order valence-corrected chi connectivity index (χ0v) is 18.6. The molecule has 1 fully saturated rings. The number of amides is 2. The minimum absolute atomic E-state index is 0.232. The number of aliphatic carboxylic acids is 1. The summed E-state index contributed by atoms with van der Waals surface area (Å²) in [6.45, 7) is 3.09. The van der Waals surface area contributed by atoms with Crippen molar-refractivity contribution >= 4 is 17.8 Å². The van der Waals surface area contributed by atoms with Gasteiger partial charge in [-0.2, -0.15) is 0 Å². The number of carbonyl (C=O) groups excluding carboxylic acids is 2. The minimum atomic E-state index is -2.17. The molecule has 178 valence electrons. The molecule has 2 amide bonds. The van der Waals surface area contributed by atoms with Crippen molar-refractivity contribution in [2.45, 2.75) is 45.6 Å². The number of rotatable bonds is 7. The van der Waals surface area contributed by atoms with Crippen LogP contribution in [0.15, 0.2) is 48.5 Å². The van der Waals surface area contributed by atoms with Crippen molar-refractivity contribution in [2.75, 3.05) is 13.1 Å². The first-order valence-electron chi connectivity index (χ1n) is 10.7. The van der Waals surface area contributed by atoms with Crippen LogP contribution in [0.4, 0.5) is 8.78 Å². The van der Waals surface area contributed by atoms with Gasteiger partial charge in [-0.15, -0.1) is 0 Å². The molecule has 33 heavy (non-hydrogen) atoms. The Hall–Kier alpha value is -3.49. The van der Waals surface area contributed by atoms with Crippen molar-refractivity contribution in [3.05, 3.63) is 59.7 Å². The smallest absolute Gasteiger partial charge is 0.326 e. The molecular weight excluding hydrogens is 434 g/mol. The Balaban J connectivity index is 0.000000890. The lowest BCUT2D eigenvalue weighted by Gasteiger charge is -2.21. The molecule has 9 heteroatoms. The van der Waals surface area contributed by atoms with Crippen molar-refractivity contribution in [3.8, 4) is 11.5 Å². The van der Waals surface area contributed by atoms with E-state index >= 15 is 0 Å². The number of alkyl halides is 2. The Morgan fingerprint density at radius 2 is 1.64 bits per heavy atom. The highest BCUT2D eigenvalue weighted by molar-refractivity contribution is 5.97. The number of likely N-dealkylation sites (tertiary alicyclic amines) is 1. The standard InChI is InChI=1S/C22H24N2O5.C2H4F2/c1-2-15-5-9-17(10-6-15)29-18-11-7-16(8-12-18)21(26)23-14-20(25)24-13-3-4-19(24)22(27)28;1-2(3)4/h5-12,19H,2-4,13-14H2,1H3,(H,23,26)(H,27,28);2H,1H3. The normalized spacial score (nSPS) is 14.9. The van der Waals surface area contributed by atoms with Gasteiger partial charge in [-0.05, 0) is 68.1 Å². The second-order valence-electron chi connectivity index (χ2n) is 7.41. The van der Waals surface area contributed by atoms with Crippen LogP contribution in [0, 0.1) is 0 Å². The Kier molecular flexibility index (Phi) is 9.78. The molecule has 2 aromatic carbocycles. The molecular formula is C24H28F2N2O5. The topological polar surface area (TPSA) is 95.9 Å². The molecule has 1 heterocycles.